The van der Waals surface area contributed by atoms with E-state index in [2.05, 4.69) is 51.2 Å². The van der Waals surface area contributed by atoms with Crippen molar-refractivity contribution in [3.05, 3.63) is 47.5 Å². The fraction of sp³-hybridized carbons (Fsp3) is 0.435. The van der Waals surface area contributed by atoms with Gasteiger partial charge >= 0.3 is 0 Å². The second kappa shape index (κ2) is 9.37. The Morgan fingerprint density at radius 2 is 1.64 bits per heavy atom. The molecule has 0 aliphatic carbocycles. The minimum atomic E-state index is 0.00658. The first kappa shape index (κ1) is 20.6. The van der Waals surface area contributed by atoms with Gasteiger partial charge in [-0.2, -0.15) is 0 Å². The Balaban J connectivity index is 1.69. The third kappa shape index (κ3) is 5.02. The number of thioether (sulfide) groups is 1. The summed E-state index contributed by atoms with van der Waals surface area (Å²) in [5, 5.41) is 3.17. The van der Waals surface area contributed by atoms with Crippen LogP contribution in [0.25, 0.3) is 0 Å². The zero-order chi connectivity index (χ0) is 20.1. The van der Waals surface area contributed by atoms with E-state index in [1.54, 1.807) is 0 Å². The number of rotatable bonds is 6. The van der Waals surface area contributed by atoms with Gasteiger partial charge in [0.05, 0.1) is 19.0 Å². The van der Waals surface area contributed by atoms with Crippen molar-refractivity contribution in [2.45, 2.75) is 50.8 Å². The quantitative estimate of drug-likeness (QED) is 0.621. The van der Waals surface area contributed by atoms with Gasteiger partial charge in [-0.05, 0) is 41.2 Å². The molecule has 1 amide bonds. The van der Waals surface area contributed by atoms with E-state index in [4.69, 9.17) is 9.47 Å². The number of nitrogens with one attached hydrogen (secondary N) is 1. The number of para-hydroxylation sites is 1. The Labute approximate surface area is 172 Å². The summed E-state index contributed by atoms with van der Waals surface area (Å²) in [5.41, 5.74) is 3.33. The van der Waals surface area contributed by atoms with E-state index >= 15 is 0 Å². The molecule has 1 heterocycles. The molecule has 0 saturated heterocycles. The van der Waals surface area contributed by atoms with Crippen LogP contribution in [0.5, 0.6) is 11.5 Å². The van der Waals surface area contributed by atoms with E-state index in [-0.39, 0.29) is 5.91 Å². The molecule has 3 rings (SSSR count). The number of hydrogen-bond donors (Lipinski definition) is 1. The Kier molecular flexibility index (Phi) is 6.89. The first-order valence-corrected chi connectivity index (χ1v) is 10.9. The third-order valence-electron chi connectivity index (χ3n) is 4.73. The first-order chi connectivity index (χ1) is 13.5. The molecule has 1 N–H and O–H groups in total. The van der Waals surface area contributed by atoms with Crippen molar-refractivity contribution in [3.8, 4) is 11.5 Å². The van der Waals surface area contributed by atoms with Crippen LogP contribution in [0.2, 0.25) is 0 Å². The standard InChI is InChI=1S/C23H29NO3S/c1-15(2)18-7-5-8-19(16(3)4)23(18)24-22(25)14-28-17-9-10-20-21(13-17)27-12-6-11-26-20/h5,7-10,13,15-16H,6,11-12,14H2,1-4H3,(H,24,25). The maximum absolute atomic E-state index is 12.7. The topological polar surface area (TPSA) is 47.6 Å². The van der Waals surface area contributed by atoms with Crippen LogP contribution < -0.4 is 14.8 Å². The Hall–Kier alpha value is -2.14. The molecular weight excluding hydrogens is 370 g/mol. The molecule has 0 bridgehead atoms. The highest BCUT2D eigenvalue weighted by Crippen LogP contribution is 2.35. The minimum Gasteiger partial charge on any atom is -0.490 e. The van der Waals surface area contributed by atoms with Crippen molar-refractivity contribution in [2.24, 2.45) is 0 Å². The van der Waals surface area contributed by atoms with Gasteiger partial charge in [0.25, 0.3) is 0 Å². The van der Waals surface area contributed by atoms with Crippen LogP contribution in [0.4, 0.5) is 5.69 Å². The van der Waals surface area contributed by atoms with Crippen molar-refractivity contribution in [3.63, 3.8) is 0 Å². The number of amides is 1. The molecule has 0 unspecified atom stereocenters. The van der Waals surface area contributed by atoms with Gasteiger partial charge in [0.1, 0.15) is 0 Å². The molecule has 1 aliphatic heterocycles. The van der Waals surface area contributed by atoms with Crippen molar-refractivity contribution < 1.29 is 14.3 Å². The smallest absolute Gasteiger partial charge is 0.234 e. The number of anilines is 1. The maximum Gasteiger partial charge on any atom is 0.234 e. The number of benzene rings is 2. The van der Waals surface area contributed by atoms with E-state index in [9.17, 15) is 4.79 Å². The predicted molar refractivity (Wildman–Crippen MR) is 116 cm³/mol. The average Bonchev–Trinajstić information content (AvgIpc) is 2.91. The lowest BCUT2D eigenvalue weighted by Crippen LogP contribution is -2.17. The molecule has 0 atom stereocenters. The van der Waals surface area contributed by atoms with E-state index in [0.717, 1.165) is 28.5 Å². The molecule has 2 aromatic rings. The van der Waals surface area contributed by atoms with Gasteiger partial charge in [-0.1, -0.05) is 45.9 Å². The summed E-state index contributed by atoms with van der Waals surface area (Å²) < 4.78 is 11.4. The fourth-order valence-electron chi connectivity index (χ4n) is 3.25. The molecule has 2 aromatic carbocycles. The molecule has 1 aliphatic rings. The van der Waals surface area contributed by atoms with Crippen molar-refractivity contribution in [1.82, 2.24) is 0 Å². The van der Waals surface area contributed by atoms with Gasteiger partial charge in [-0.15, -0.1) is 11.8 Å². The van der Waals surface area contributed by atoms with E-state index in [0.29, 0.717) is 30.8 Å². The molecule has 0 fully saturated rings. The highest BCUT2D eigenvalue weighted by atomic mass is 32.2. The second-order valence-electron chi connectivity index (χ2n) is 7.62. The SMILES string of the molecule is CC(C)c1cccc(C(C)C)c1NC(=O)CSc1ccc2c(c1)OCCCO2. The lowest BCUT2D eigenvalue weighted by Gasteiger charge is -2.20. The van der Waals surface area contributed by atoms with Gasteiger partial charge in [0, 0.05) is 17.0 Å². The van der Waals surface area contributed by atoms with E-state index in [1.165, 1.54) is 22.9 Å². The normalized spacial score (nSPS) is 13.5. The summed E-state index contributed by atoms with van der Waals surface area (Å²) in [5.74, 6) is 2.59. The van der Waals surface area contributed by atoms with E-state index < -0.39 is 0 Å². The van der Waals surface area contributed by atoms with Crippen LogP contribution in [0, 0.1) is 0 Å². The van der Waals surface area contributed by atoms with E-state index in [1.807, 2.05) is 18.2 Å². The molecule has 0 spiro atoms. The molecule has 5 heteroatoms. The van der Waals surface area contributed by atoms with Crippen LogP contribution in [0.3, 0.4) is 0 Å². The Bertz CT molecular complexity index is 806. The third-order valence-corrected chi connectivity index (χ3v) is 5.72. The number of carbonyl (C=O) groups excluding carboxylic acids is 1. The van der Waals surface area contributed by atoms with Crippen LogP contribution in [-0.4, -0.2) is 24.9 Å². The van der Waals surface area contributed by atoms with Gasteiger partial charge < -0.3 is 14.8 Å². The lowest BCUT2D eigenvalue weighted by atomic mass is 9.92. The number of ether oxygens (including phenoxy) is 2. The van der Waals surface area contributed by atoms with Gasteiger partial charge in [-0.3, -0.25) is 4.79 Å². The molecular formula is C23H29NO3S. The zero-order valence-electron chi connectivity index (χ0n) is 17.1. The van der Waals surface area contributed by atoms with Crippen molar-refractivity contribution in [2.75, 3.05) is 24.3 Å². The molecule has 0 radical (unpaired) electrons. The second-order valence-corrected chi connectivity index (χ2v) is 8.67. The average molecular weight is 400 g/mol. The van der Waals surface area contributed by atoms with Gasteiger partial charge in [-0.25, -0.2) is 0 Å². The minimum absolute atomic E-state index is 0.00658. The Morgan fingerprint density at radius 3 is 2.29 bits per heavy atom. The summed E-state index contributed by atoms with van der Waals surface area (Å²) in [7, 11) is 0. The molecule has 4 nitrogen and oxygen atoms in total. The predicted octanol–water partition coefficient (Wildman–Crippen LogP) is 5.83. The largest absolute Gasteiger partial charge is 0.490 e. The number of carbonyl (C=O) groups is 1. The molecule has 0 aromatic heterocycles. The first-order valence-electron chi connectivity index (χ1n) is 9.90. The Morgan fingerprint density at radius 1 is 1.00 bits per heavy atom. The van der Waals surface area contributed by atoms with Crippen LogP contribution in [0.1, 0.15) is 57.1 Å². The zero-order valence-corrected chi connectivity index (χ0v) is 17.9. The maximum atomic E-state index is 12.7. The highest BCUT2D eigenvalue weighted by Gasteiger charge is 2.17. The molecule has 150 valence electrons. The number of fused-ring (bicyclic) bond motifs is 1. The van der Waals surface area contributed by atoms with Gasteiger partial charge in [0.2, 0.25) is 5.91 Å². The summed E-state index contributed by atoms with van der Waals surface area (Å²) in [4.78, 5) is 13.7. The fourth-order valence-corrected chi connectivity index (χ4v) is 3.98. The van der Waals surface area contributed by atoms with Crippen molar-refractivity contribution >= 4 is 23.4 Å². The lowest BCUT2D eigenvalue weighted by molar-refractivity contribution is -0.113. The summed E-state index contributed by atoms with van der Waals surface area (Å²) in [6.45, 7) is 9.95. The summed E-state index contributed by atoms with van der Waals surface area (Å²) in [6.07, 6.45) is 0.882. The molecule has 0 saturated carbocycles. The molecule has 28 heavy (non-hydrogen) atoms. The summed E-state index contributed by atoms with van der Waals surface area (Å²) >= 11 is 1.51. The van der Waals surface area contributed by atoms with Crippen molar-refractivity contribution in [1.29, 1.82) is 0 Å². The number of hydrogen-bond acceptors (Lipinski definition) is 4. The van der Waals surface area contributed by atoms with Crippen LogP contribution in [-0.2, 0) is 4.79 Å². The van der Waals surface area contributed by atoms with Crippen LogP contribution in [0.15, 0.2) is 41.3 Å². The van der Waals surface area contributed by atoms with Gasteiger partial charge in [0.15, 0.2) is 11.5 Å². The van der Waals surface area contributed by atoms with Crippen LogP contribution >= 0.6 is 11.8 Å². The highest BCUT2D eigenvalue weighted by molar-refractivity contribution is 8.00. The summed E-state index contributed by atoms with van der Waals surface area (Å²) in [6, 6.07) is 12.1. The monoisotopic (exact) mass is 399 g/mol.